The minimum atomic E-state index is -0.453. The number of anilines is 1. The number of fused-ring (bicyclic) bond motifs is 1. The molecule has 1 aliphatic rings. The lowest BCUT2D eigenvalue weighted by atomic mass is 10.00. The second-order valence-electron chi connectivity index (χ2n) is 7.37. The third-order valence-electron chi connectivity index (χ3n) is 5.57. The van der Waals surface area contributed by atoms with Gasteiger partial charge in [-0.2, -0.15) is 0 Å². The molecule has 2 heterocycles. The van der Waals surface area contributed by atoms with Crippen LogP contribution in [0.2, 0.25) is 0 Å². The van der Waals surface area contributed by atoms with E-state index in [9.17, 15) is 9.59 Å². The maximum atomic E-state index is 12.8. The molecule has 146 valence electrons. The van der Waals surface area contributed by atoms with Crippen molar-refractivity contribution in [2.24, 2.45) is 7.05 Å². The number of likely N-dealkylation sites (tertiary alicyclic amines) is 1. The number of hydrogen-bond acceptors (Lipinski definition) is 4. The Morgan fingerprint density at radius 1 is 1.30 bits per heavy atom. The molecule has 3 rings (SSSR count). The summed E-state index contributed by atoms with van der Waals surface area (Å²) >= 11 is 0. The molecule has 0 unspecified atom stereocenters. The Balaban J connectivity index is 1.92. The van der Waals surface area contributed by atoms with Crippen molar-refractivity contribution < 1.29 is 14.3 Å². The summed E-state index contributed by atoms with van der Waals surface area (Å²) in [7, 11) is 3.17. The van der Waals surface area contributed by atoms with E-state index in [1.165, 1.54) is 13.5 Å². The molecule has 0 spiro atoms. The van der Waals surface area contributed by atoms with Gasteiger partial charge in [-0.15, -0.1) is 0 Å². The average Bonchev–Trinajstić information content (AvgIpc) is 2.92. The van der Waals surface area contributed by atoms with Crippen LogP contribution in [0.4, 0.5) is 5.69 Å². The molecule has 6 heteroatoms. The van der Waals surface area contributed by atoms with Gasteiger partial charge >= 0.3 is 5.97 Å². The number of nitrogens with one attached hydrogen (secondary N) is 1. The molecule has 1 aliphatic heterocycles. The van der Waals surface area contributed by atoms with Gasteiger partial charge in [-0.1, -0.05) is 25.0 Å². The second-order valence-corrected chi connectivity index (χ2v) is 7.37. The Hall–Kier alpha value is -2.34. The highest BCUT2D eigenvalue weighted by Crippen LogP contribution is 2.32. The van der Waals surface area contributed by atoms with Gasteiger partial charge in [0.2, 0.25) is 5.91 Å². The number of carbonyl (C=O) groups excluding carboxylic acids is 2. The lowest BCUT2D eigenvalue weighted by molar-refractivity contribution is -0.118. The fourth-order valence-electron chi connectivity index (χ4n) is 4.11. The maximum Gasteiger partial charge on any atom is 0.356 e. The highest BCUT2D eigenvalue weighted by molar-refractivity contribution is 6.11. The summed E-state index contributed by atoms with van der Waals surface area (Å²) in [6.07, 6.45) is 4.55. The minimum absolute atomic E-state index is 0.0884. The van der Waals surface area contributed by atoms with Crippen molar-refractivity contribution in [3.63, 3.8) is 0 Å². The molecular weight excluding hydrogens is 342 g/mol. The van der Waals surface area contributed by atoms with Crippen molar-refractivity contribution in [1.82, 2.24) is 9.47 Å². The molecule has 27 heavy (non-hydrogen) atoms. The quantitative estimate of drug-likeness (QED) is 0.818. The molecule has 1 aromatic carbocycles. The van der Waals surface area contributed by atoms with Crippen LogP contribution in [0.5, 0.6) is 0 Å². The number of benzene rings is 1. The lowest BCUT2D eigenvalue weighted by Crippen LogP contribution is -2.43. The largest absolute Gasteiger partial charge is 0.464 e. The van der Waals surface area contributed by atoms with E-state index in [0.717, 1.165) is 42.3 Å². The number of ether oxygens (including phenoxy) is 1. The van der Waals surface area contributed by atoms with E-state index in [2.05, 4.69) is 17.1 Å². The molecule has 1 N–H and O–H groups in total. The Kier molecular flexibility index (Phi) is 5.85. The van der Waals surface area contributed by atoms with Gasteiger partial charge < -0.3 is 14.6 Å². The summed E-state index contributed by atoms with van der Waals surface area (Å²) in [6.45, 7) is 5.46. The van der Waals surface area contributed by atoms with E-state index in [1.807, 2.05) is 32.2 Å². The predicted molar refractivity (Wildman–Crippen MR) is 107 cm³/mol. The van der Waals surface area contributed by atoms with Crippen LogP contribution in [0.3, 0.4) is 0 Å². The number of carbonyl (C=O) groups is 2. The highest BCUT2D eigenvalue weighted by atomic mass is 16.5. The highest BCUT2D eigenvalue weighted by Gasteiger charge is 2.26. The molecule has 1 saturated heterocycles. The summed E-state index contributed by atoms with van der Waals surface area (Å²) < 4.78 is 6.75. The third-order valence-corrected chi connectivity index (χ3v) is 5.57. The molecule has 0 saturated carbocycles. The van der Waals surface area contributed by atoms with Crippen molar-refractivity contribution >= 4 is 28.5 Å². The SMILES string of the molecule is CC[C@@H]1CCCCN1CC(=O)Nc1c(C(=O)OC)n(C)c2ccc(C)cc12. The topological polar surface area (TPSA) is 63.6 Å². The van der Waals surface area contributed by atoms with Gasteiger partial charge in [0, 0.05) is 18.5 Å². The molecule has 6 nitrogen and oxygen atoms in total. The summed E-state index contributed by atoms with van der Waals surface area (Å²) in [5.41, 5.74) is 2.87. The monoisotopic (exact) mass is 371 g/mol. The molecule has 2 aromatic rings. The van der Waals surface area contributed by atoms with Gasteiger partial charge in [-0.3, -0.25) is 9.69 Å². The minimum Gasteiger partial charge on any atom is -0.464 e. The summed E-state index contributed by atoms with van der Waals surface area (Å²) in [6, 6.07) is 6.41. The first kappa shape index (κ1) is 19.4. The third kappa shape index (κ3) is 3.86. The van der Waals surface area contributed by atoms with Crippen LogP contribution in [0.25, 0.3) is 10.9 Å². The Morgan fingerprint density at radius 2 is 2.07 bits per heavy atom. The van der Waals surface area contributed by atoms with Gasteiger partial charge in [0.1, 0.15) is 0 Å². The summed E-state index contributed by atoms with van der Waals surface area (Å²) in [4.78, 5) is 27.5. The van der Waals surface area contributed by atoms with Crippen LogP contribution in [0, 0.1) is 6.92 Å². The van der Waals surface area contributed by atoms with E-state index in [1.54, 1.807) is 4.57 Å². The number of rotatable bonds is 5. The van der Waals surface area contributed by atoms with Crippen LogP contribution in [0.15, 0.2) is 18.2 Å². The number of piperidine rings is 1. The van der Waals surface area contributed by atoms with Crippen molar-refractivity contribution in [3.8, 4) is 0 Å². The van der Waals surface area contributed by atoms with E-state index in [0.29, 0.717) is 24.0 Å². The van der Waals surface area contributed by atoms with Gasteiger partial charge in [-0.25, -0.2) is 4.79 Å². The number of methoxy groups -OCH3 is 1. The fourth-order valence-corrected chi connectivity index (χ4v) is 4.11. The Bertz CT molecular complexity index is 856. The smallest absolute Gasteiger partial charge is 0.356 e. The van der Waals surface area contributed by atoms with E-state index in [4.69, 9.17) is 4.74 Å². The average molecular weight is 371 g/mol. The molecule has 0 aliphatic carbocycles. The molecule has 1 fully saturated rings. The molecule has 1 atom stereocenters. The maximum absolute atomic E-state index is 12.8. The first-order valence-electron chi connectivity index (χ1n) is 9.67. The normalized spacial score (nSPS) is 17.9. The fraction of sp³-hybridized carbons (Fsp3) is 0.524. The van der Waals surface area contributed by atoms with Crippen LogP contribution < -0.4 is 5.32 Å². The summed E-state index contributed by atoms with van der Waals surface area (Å²) in [5, 5.41) is 3.86. The van der Waals surface area contributed by atoms with Crippen molar-refractivity contribution in [2.45, 2.75) is 45.6 Å². The van der Waals surface area contributed by atoms with Crippen LogP contribution in [-0.2, 0) is 16.6 Å². The predicted octanol–water partition coefficient (Wildman–Crippen LogP) is 3.48. The number of aryl methyl sites for hydroxylation is 2. The van der Waals surface area contributed by atoms with Crippen molar-refractivity contribution in [3.05, 3.63) is 29.5 Å². The molecule has 1 aromatic heterocycles. The van der Waals surface area contributed by atoms with E-state index < -0.39 is 5.97 Å². The van der Waals surface area contributed by atoms with Gasteiger partial charge in [-0.05, 0) is 44.9 Å². The first-order valence-corrected chi connectivity index (χ1v) is 9.67. The zero-order chi connectivity index (χ0) is 19.6. The summed E-state index contributed by atoms with van der Waals surface area (Å²) in [5.74, 6) is -0.541. The van der Waals surface area contributed by atoms with Gasteiger partial charge in [0.05, 0.1) is 24.9 Å². The first-order chi connectivity index (χ1) is 13.0. The molecular formula is C21H29N3O3. The van der Waals surface area contributed by atoms with E-state index >= 15 is 0 Å². The van der Waals surface area contributed by atoms with Crippen LogP contribution in [-0.4, -0.2) is 47.6 Å². The molecule has 0 bridgehead atoms. The molecule has 0 radical (unpaired) electrons. The number of aromatic nitrogens is 1. The Morgan fingerprint density at radius 3 is 2.78 bits per heavy atom. The lowest BCUT2D eigenvalue weighted by Gasteiger charge is -2.34. The number of nitrogens with zero attached hydrogens (tertiary/aromatic N) is 2. The zero-order valence-corrected chi connectivity index (χ0v) is 16.7. The second kappa shape index (κ2) is 8.13. The number of amides is 1. The van der Waals surface area contributed by atoms with Gasteiger partial charge in [0.25, 0.3) is 0 Å². The molecule has 1 amide bonds. The zero-order valence-electron chi connectivity index (χ0n) is 16.7. The van der Waals surface area contributed by atoms with Gasteiger partial charge in [0.15, 0.2) is 5.69 Å². The number of esters is 1. The van der Waals surface area contributed by atoms with Crippen molar-refractivity contribution in [1.29, 1.82) is 0 Å². The van der Waals surface area contributed by atoms with Crippen molar-refractivity contribution in [2.75, 3.05) is 25.5 Å². The Labute approximate surface area is 160 Å². The van der Waals surface area contributed by atoms with E-state index in [-0.39, 0.29) is 5.91 Å². The van der Waals surface area contributed by atoms with Crippen LogP contribution in [0.1, 0.15) is 48.7 Å². The van der Waals surface area contributed by atoms with Crippen LogP contribution >= 0.6 is 0 Å². The number of hydrogen-bond donors (Lipinski definition) is 1. The standard InChI is InChI=1S/C21H29N3O3/c1-5-15-8-6-7-11-24(15)13-18(25)22-19-16-12-14(2)9-10-17(16)23(3)20(19)21(26)27-4/h9-10,12,15H,5-8,11,13H2,1-4H3,(H,22,25)/t15-/m1/s1.